The minimum Gasteiger partial charge on any atom is -0.455 e. The fourth-order valence-corrected chi connectivity index (χ4v) is 3.02. The summed E-state index contributed by atoms with van der Waals surface area (Å²) in [5.74, 6) is 0.490. The molecule has 0 radical (unpaired) electrons. The molecule has 0 N–H and O–H groups in total. The number of ether oxygens (including phenoxy) is 1. The van der Waals surface area contributed by atoms with Crippen molar-refractivity contribution in [1.29, 1.82) is 0 Å². The molecule has 3 aromatic rings. The van der Waals surface area contributed by atoms with Gasteiger partial charge < -0.3 is 9.30 Å². The summed E-state index contributed by atoms with van der Waals surface area (Å²) in [7, 11) is 0. The highest BCUT2D eigenvalue weighted by Gasteiger charge is 2.19. The number of aromatic nitrogens is 1. The molecule has 0 unspecified atom stereocenters. The number of hydrogen-bond acceptors (Lipinski definition) is 2. The van der Waals surface area contributed by atoms with E-state index in [2.05, 4.69) is 0 Å². The first kappa shape index (κ1) is 17.5. The van der Waals surface area contributed by atoms with Crippen LogP contribution in [0.3, 0.4) is 0 Å². The predicted octanol–water partition coefficient (Wildman–Crippen LogP) is 5.77. The van der Waals surface area contributed by atoms with Crippen LogP contribution in [-0.4, -0.2) is 4.57 Å². The van der Waals surface area contributed by atoms with E-state index in [1.807, 2.05) is 25.1 Å². The molecular weight excluding hydrogens is 364 g/mol. The molecule has 2 aromatic carbocycles. The van der Waals surface area contributed by atoms with E-state index in [4.69, 9.17) is 27.9 Å². The highest BCUT2D eigenvalue weighted by molar-refractivity contribution is 6.33. The van der Waals surface area contributed by atoms with Crippen LogP contribution in [0.2, 0.25) is 10.0 Å². The Bertz CT molecular complexity index is 971. The van der Waals surface area contributed by atoms with Gasteiger partial charge in [0, 0.05) is 18.2 Å². The smallest absolute Gasteiger partial charge is 0.270 e. The van der Waals surface area contributed by atoms with E-state index in [1.165, 1.54) is 28.8 Å². The molecule has 0 aliphatic heterocycles. The van der Waals surface area contributed by atoms with Crippen LogP contribution in [-0.2, 0) is 6.54 Å². The van der Waals surface area contributed by atoms with Gasteiger partial charge >= 0.3 is 0 Å². The molecule has 3 nitrogen and oxygen atoms in total. The summed E-state index contributed by atoms with van der Waals surface area (Å²) in [5.41, 5.74) is 0.579. The molecular formula is C19H14Cl2FNO2. The van der Waals surface area contributed by atoms with Gasteiger partial charge in [-0.2, -0.15) is 0 Å². The van der Waals surface area contributed by atoms with E-state index in [9.17, 15) is 9.18 Å². The Morgan fingerprint density at radius 1 is 1.04 bits per heavy atom. The number of hydrogen-bond donors (Lipinski definition) is 0. The van der Waals surface area contributed by atoms with Gasteiger partial charge in [-0.05, 0) is 37.3 Å². The summed E-state index contributed by atoms with van der Waals surface area (Å²) in [6.07, 6.45) is 0. The van der Waals surface area contributed by atoms with Crippen molar-refractivity contribution in [1.82, 2.24) is 4.57 Å². The molecule has 0 amide bonds. The average molecular weight is 378 g/mol. The molecule has 128 valence electrons. The zero-order valence-corrected chi connectivity index (χ0v) is 14.8. The average Bonchev–Trinajstić information content (AvgIpc) is 2.59. The third kappa shape index (κ3) is 3.55. The lowest BCUT2D eigenvalue weighted by Crippen LogP contribution is -2.22. The number of benzene rings is 2. The van der Waals surface area contributed by atoms with Crippen LogP contribution in [0.5, 0.6) is 11.5 Å². The van der Waals surface area contributed by atoms with E-state index < -0.39 is 5.82 Å². The van der Waals surface area contributed by atoms with Crippen LogP contribution < -0.4 is 10.3 Å². The number of para-hydroxylation sites is 1. The minimum atomic E-state index is -0.460. The second-order valence-electron chi connectivity index (χ2n) is 5.29. The molecule has 25 heavy (non-hydrogen) atoms. The number of nitrogens with zero attached hydrogens (tertiary/aromatic N) is 1. The van der Waals surface area contributed by atoms with Crippen LogP contribution in [0.15, 0.2) is 59.4 Å². The first-order chi connectivity index (χ1) is 12.0. The maximum Gasteiger partial charge on any atom is 0.270 e. The summed E-state index contributed by atoms with van der Waals surface area (Å²) in [4.78, 5) is 12.4. The van der Waals surface area contributed by atoms with E-state index in [-0.39, 0.29) is 15.6 Å². The Hall–Kier alpha value is -2.30. The van der Waals surface area contributed by atoms with Crippen LogP contribution in [0.4, 0.5) is 4.39 Å². The molecule has 1 heterocycles. The first-order valence-corrected chi connectivity index (χ1v) is 8.38. The Balaban J connectivity index is 2.27. The van der Waals surface area contributed by atoms with Gasteiger partial charge in [0.2, 0.25) is 0 Å². The van der Waals surface area contributed by atoms with E-state index in [0.29, 0.717) is 29.3 Å². The number of rotatable bonds is 4. The quantitative estimate of drug-likeness (QED) is 0.577. The van der Waals surface area contributed by atoms with Crippen molar-refractivity contribution in [2.24, 2.45) is 0 Å². The molecule has 0 aliphatic carbocycles. The Labute approximate surface area is 154 Å². The monoisotopic (exact) mass is 377 g/mol. The second kappa shape index (κ2) is 7.30. The van der Waals surface area contributed by atoms with Gasteiger partial charge in [0.05, 0.1) is 10.7 Å². The largest absolute Gasteiger partial charge is 0.455 e. The summed E-state index contributed by atoms with van der Waals surface area (Å²) >= 11 is 12.3. The third-order valence-corrected chi connectivity index (χ3v) is 4.27. The highest BCUT2D eigenvalue weighted by Crippen LogP contribution is 2.37. The maximum absolute atomic E-state index is 13.4. The summed E-state index contributed by atoms with van der Waals surface area (Å²) in [5, 5.41) is 0.219. The molecule has 6 heteroatoms. The summed E-state index contributed by atoms with van der Waals surface area (Å²) in [6.45, 7) is 2.17. The normalized spacial score (nSPS) is 10.7. The Morgan fingerprint density at radius 3 is 2.40 bits per heavy atom. The summed E-state index contributed by atoms with van der Waals surface area (Å²) in [6, 6.07) is 14.5. The van der Waals surface area contributed by atoms with Gasteiger partial charge in [-0.15, -0.1) is 0 Å². The molecule has 0 bridgehead atoms. The van der Waals surface area contributed by atoms with Crippen molar-refractivity contribution in [3.8, 4) is 22.8 Å². The predicted molar refractivity (Wildman–Crippen MR) is 98.3 cm³/mol. The SMILES string of the molecule is CCn1c(-c2ccc(F)cc2Cl)c(Oc2ccccc2)cc(Cl)c1=O. The Kier molecular flexibility index (Phi) is 5.11. The van der Waals surface area contributed by atoms with E-state index in [0.717, 1.165) is 0 Å². The van der Waals surface area contributed by atoms with Crippen molar-refractivity contribution in [2.45, 2.75) is 13.5 Å². The topological polar surface area (TPSA) is 31.2 Å². The standard InChI is InChI=1S/C19H14Cl2FNO2/c1-2-23-18(14-9-8-12(22)10-15(14)20)17(11-16(21)19(23)24)25-13-6-4-3-5-7-13/h3-11H,2H2,1H3. The van der Waals surface area contributed by atoms with Crippen molar-refractivity contribution < 1.29 is 9.13 Å². The van der Waals surface area contributed by atoms with Crippen LogP contribution in [0, 0.1) is 5.82 Å². The van der Waals surface area contributed by atoms with Gasteiger partial charge in [0.15, 0.2) is 5.75 Å². The first-order valence-electron chi connectivity index (χ1n) is 7.63. The lowest BCUT2D eigenvalue weighted by molar-refractivity contribution is 0.476. The van der Waals surface area contributed by atoms with Crippen LogP contribution >= 0.6 is 23.2 Å². The highest BCUT2D eigenvalue weighted by atomic mass is 35.5. The minimum absolute atomic E-state index is 0.0368. The third-order valence-electron chi connectivity index (χ3n) is 3.68. The Morgan fingerprint density at radius 2 is 1.76 bits per heavy atom. The van der Waals surface area contributed by atoms with Gasteiger partial charge in [-0.1, -0.05) is 41.4 Å². The fraction of sp³-hybridized carbons (Fsp3) is 0.105. The number of pyridine rings is 1. The molecule has 0 spiro atoms. The fourth-order valence-electron chi connectivity index (χ4n) is 2.56. The molecule has 0 saturated heterocycles. The van der Waals surface area contributed by atoms with Crippen molar-refractivity contribution in [3.05, 3.63) is 80.8 Å². The molecule has 0 atom stereocenters. The van der Waals surface area contributed by atoms with E-state index in [1.54, 1.807) is 12.1 Å². The zero-order valence-electron chi connectivity index (χ0n) is 13.3. The molecule has 0 aliphatic rings. The molecule has 1 aromatic heterocycles. The lowest BCUT2D eigenvalue weighted by Gasteiger charge is -2.18. The zero-order chi connectivity index (χ0) is 18.0. The van der Waals surface area contributed by atoms with Crippen molar-refractivity contribution in [2.75, 3.05) is 0 Å². The van der Waals surface area contributed by atoms with Gasteiger partial charge in [-0.25, -0.2) is 4.39 Å². The second-order valence-corrected chi connectivity index (χ2v) is 6.11. The lowest BCUT2D eigenvalue weighted by atomic mass is 10.1. The van der Waals surface area contributed by atoms with Crippen molar-refractivity contribution >= 4 is 23.2 Å². The molecule has 3 rings (SSSR count). The van der Waals surface area contributed by atoms with Crippen molar-refractivity contribution in [3.63, 3.8) is 0 Å². The summed E-state index contributed by atoms with van der Waals surface area (Å²) < 4.78 is 20.8. The number of halogens is 3. The molecule has 0 saturated carbocycles. The van der Waals surface area contributed by atoms with E-state index >= 15 is 0 Å². The van der Waals surface area contributed by atoms with Crippen LogP contribution in [0.25, 0.3) is 11.3 Å². The van der Waals surface area contributed by atoms with Crippen LogP contribution in [0.1, 0.15) is 6.92 Å². The van der Waals surface area contributed by atoms with Gasteiger partial charge in [0.25, 0.3) is 5.56 Å². The molecule has 0 fully saturated rings. The maximum atomic E-state index is 13.4. The van der Waals surface area contributed by atoms with Gasteiger partial charge in [-0.3, -0.25) is 4.79 Å². The van der Waals surface area contributed by atoms with Gasteiger partial charge in [0.1, 0.15) is 16.6 Å².